The molecule has 5 heteroatoms. The number of halogens is 2. The highest BCUT2D eigenvalue weighted by Gasteiger charge is 2.27. The molecule has 0 aliphatic carbocycles. The van der Waals surface area contributed by atoms with Gasteiger partial charge < -0.3 is 10.5 Å². The number of alkyl halides is 2. The van der Waals surface area contributed by atoms with Gasteiger partial charge in [0.05, 0.1) is 0 Å². The number of amides is 1. The summed E-state index contributed by atoms with van der Waals surface area (Å²) in [6.07, 6.45) is 0.214. The molecule has 0 aliphatic heterocycles. The smallest absolute Gasteiger partial charge is 0.404 e. The van der Waals surface area contributed by atoms with E-state index in [0.717, 1.165) is 17.1 Å². The number of hydrogen-bond acceptors (Lipinski definition) is 2. The second-order valence-corrected chi connectivity index (χ2v) is 3.85. The summed E-state index contributed by atoms with van der Waals surface area (Å²) in [5.74, 6) is 0. The van der Waals surface area contributed by atoms with Gasteiger partial charge in [-0.05, 0) is 6.42 Å². The molecule has 0 saturated heterocycles. The number of carbonyl (C=O) groups is 1. The van der Waals surface area contributed by atoms with Crippen LogP contribution < -0.4 is 5.73 Å². The van der Waals surface area contributed by atoms with Crippen molar-refractivity contribution in [2.45, 2.75) is 13.3 Å². The highest BCUT2D eigenvalue weighted by molar-refractivity contribution is 9.09. The summed E-state index contributed by atoms with van der Waals surface area (Å²) in [4.78, 5) is 10.4. The Bertz CT molecular complexity index is 140. The van der Waals surface area contributed by atoms with E-state index in [-0.39, 0.29) is 5.41 Å². The van der Waals surface area contributed by atoms with Crippen LogP contribution in [0.25, 0.3) is 0 Å². The molecule has 0 radical (unpaired) electrons. The van der Waals surface area contributed by atoms with Crippen LogP contribution in [0.3, 0.4) is 0 Å². The van der Waals surface area contributed by atoms with E-state index in [0.29, 0.717) is 6.61 Å². The summed E-state index contributed by atoms with van der Waals surface area (Å²) in [7, 11) is 0. The van der Waals surface area contributed by atoms with Crippen LogP contribution in [0.4, 0.5) is 4.79 Å². The van der Waals surface area contributed by atoms with Gasteiger partial charge in [-0.15, -0.1) is 0 Å². The second kappa shape index (κ2) is 5.80. The highest BCUT2D eigenvalue weighted by Crippen LogP contribution is 2.27. The van der Waals surface area contributed by atoms with Crippen LogP contribution in [0, 0.1) is 5.41 Å². The number of ether oxygens (including phenoxy) is 1. The molecule has 2 N–H and O–H groups in total. The van der Waals surface area contributed by atoms with Crippen molar-refractivity contribution in [1.82, 2.24) is 0 Å². The van der Waals surface area contributed by atoms with Crippen LogP contribution in [0.15, 0.2) is 0 Å². The molecule has 0 heterocycles. The molecule has 0 aromatic rings. The Morgan fingerprint density at radius 1 is 1.50 bits per heavy atom. The van der Waals surface area contributed by atoms with Gasteiger partial charge in [-0.1, -0.05) is 38.8 Å². The Balaban J connectivity index is 4.01. The molecule has 0 aromatic carbocycles. The fourth-order valence-electron chi connectivity index (χ4n) is 0.628. The van der Waals surface area contributed by atoms with Crippen LogP contribution in [0.1, 0.15) is 13.3 Å². The van der Waals surface area contributed by atoms with Gasteiger partial charge in [0.1, 0.15) is 6.61 Å². The van der Waals surface area contributed by atoms with E-state index in [4.69, 9.17) is 10.5 Å². The minimum absolute atomic E-state index is 0.0327. The summed E-state index contributed by atoms with van der Waals surface area (Å²) in [6.45, 7) is 2.40. The van der Waals surface area contributed by atoms with E-state index in [1.165, 1.54) is 0 Å². The summed E-state index contributed by atoms with van der Waals surface area (Å²) in [5.41, 5.74) is 4.84. The topological polar surface area (TPSA) is 52.3 Å². The van der Waals surface area contributed by atoms with Gasteiger partial charge in [0.15, 0.2) is 0 Å². The largest absolute Gasteiger partial charge is 0.449 e. The summed E-state index contributed by atoms with van der Waals surface area (Å²) < 4.78 is 4.76. The van der Waals surface area contributed by atoms with Crippen molar-refractivity contribution in [2.75, 3.05) is 17.3 Å². The molecule has 0 aromatic heterocycles. The van der Waals surface area contributed by atoms with Crippen LogP contribution >= 0.6 is 31.9 Å². The first-order valence-electron chi connectivity index (χ1n) is 3.64. The van der Waals surface area contributed by atoms with Crippen molar-refractivity contribution in [2.24, 2.45) is 11.1 Å². The fraction of sp³-hybridized carbons (Fsp3) is 0.857. The maximum Gasteiger partial charge on any atom is 0.404 e. The zero-order chi connectivity index (χ0) is 9.61. The van der Waals surface area contributed by atoms with Crippen molar-refractivity contribution in [3.05, 3.63) is 0 Å². The van der Waals surface area contributed by atoms with Crippen molar-refractivity contribution in [1.29, 1.82) is 0 Å². The van der Waals surface area contributed by atoms with Crippen LogP contribution in [-0.4, -0.2) is 23.4 Å². The van der Waals surface area contributed by atoms with E-state index >= 15 is 0 Å². The Hall–Kier alpha value is 0.230. The van der Waals surface area contributed by atoms with E-state index in [1.54, 1.807) is 0 Å². The van der Waals surface area contributed by atoms with Crippen molar-refractivity contribution in [3.63, 3.8) is 0 Å². The van der Waals surface area contributed by atoms with Gasteiger partial charge in [-0.2, -0.15) is 0 Å². The Morgan fingerprint density at radius 3 is 2.25 bits per heavy atom. The van der Waals surface area contributed by atoms with E-state index in [9.17, 15) is 4.79 Å². The summed E-state index contributed by atoms with van der Waals surface area (Å²) >= 11 is 6.76. The first-order chi connectivity index (χ1) is 5.60. The maximum absolute atomic E-state index is 10.4. The molecule has 72 valence electrons. The lowest BCUT2D eigenvalue weighted by atomic mass is 9.91. The molecule has 0 rings (SSSR count). The fourth-order valence-corrected chi connectivity index (χ4v) is 2.67. The molecule has 0 unspecified atom stereocenters. The molecule has 0 spiro atoms. The third-order valence-corrected chi connectivity index (χ3v) is 4.22. The minimum Gasteiger partial charge on any atom is -0.449 e. The van der Waals surface area contributed by atoms with E-state index in [1.807, 2.05) is 6.92 Å². The van der Waals surface area contributed by atoms with Crippen LogP contribution in [-0.2, 0) is 4.74 Å². The molecule has 0 saturated carbocycles. The Kier molecular flexibility index (Phi) is 5.92. The van der Waals surface area contributed by atoms with Gasteiger partial charge in [-0.25, -0.2) is 4.79 Å². The second-order valence-electron chi connectivity index (χ2n) is 2.73. The van der Waals surface area contributed by atoms with E-state index < -0.39 is 6.09 Å². The maximum atomic E-state index is 10.4. The first kappa shape index (κ1) is 12.2. The zero-order valence-electron chi connectivity index (χ0n) is 6.98. The summed E-state index contributed by atoms with van der Waals surface area (Å²) in [6, 6.07) is 0. The number of carbonyl (C=O) groups excluding carboxylic acids is 1. The molecule has 0 bridgehead atoms. The van der Waals surface area contributed by atoms with Gasteiger partial charge in [-0.3, -0.25) is 0 Å². The van der Waals surface area contributed by atoms with Gasteiger partial charge in [0.25, 0.3) is 0 Å². The lowest BCUT2D eigenvalue weighted by Crippen LogP contribution is -2.32. The lowest BCUT2D eigenvalue weighted by Gasteiger charge is -2.27. The third-order valence-electron chi connectivity index (χ3n) is 1.84. The van der Waals surface area contributed by atoms with Gasteiger partial charge in [0.2, 0.25) is 0 Å². The number of rotatable bonds is 5. The van der Waals surface area contributed by atoms with Crippen LogP contribution in [0.2, 0.25) is 0 Å². The monoisotopic (exact) mass is 301 g/mol. The van der Waals surface area contributed by atoms with E-state index in [2.05, 4.69) is 31.9 Å². The number of nitrogens with two attached hydrogens (primary N) is 1. The molecule has 0 aliphatic rings. The molecule has 0 fully saturated rings. The molecule has 0 atom stereocenters. The lowest BCUT2D eigenvalue weighted by molar-refractivity contribution is 0.110. The number of primary amides is 1. The molecular weight excluding hydrogens is 290 g/mol. The Morgan fingerprint density at radius 2 is 2.00 bits per heavy atom. The average Bonchev–Trinajstić information content (AvgIpc) is 2.08. The van der Waals surface area contributed by atoms with Crippen molar-refractivity contribution < 1.29 is 9.53 Å². The standard InChI is InChI=1S/C7H13Br2NO2/c1-2-7(3-8,4-9)5-12-6(10)11/h2-5H2,1H3,(H2,10,11). The van der Waals surface area contributed by atoms with Gasteiger partial charge >= 0.3 is 6.09 Å². The molecular formula is C7H13Br2NO2. The van der Waals surface area contributed by atoms with Crippen LogP contribution in [0.5, 0.6) is 0 Å². The number of hydrogen-bond donors (Lipinski definition) is 1. The average molecular weight is 303 g/mol. The minimum atomic E-state index is -0.713. The predicted molar refractivity (Wildman–Crippen MR) is 55.8 cm³/mol. The third kappa shape index (κ3) is 3.76. The van der Waals surface area contributed by atoms with Crippen molar-refractivity contribution >= 4 is 38.0 Å². The SMILES string of the molecule is CCC(CBr)(CBr)COC(N)=O. The van der Waals surface area contributed by atoms with Crippen molar-refractivity contribution in [3.8, 4) is 0 Å². The molecule has 12 heavy (non-hydrogen) atoms. The Labute approximate surface area is 89.3 Å². The highest BCUT2D eigenvalue weighted by atomic mass is 79.9. The summed E-state index contributed by atoms with van der Waals surface area (Å²) in [5, 5.41) is 1.57. The zero-order valence-corrected chi connectivity index (χ0v) is 10.2. The normalized spacial score (nSPS) is 11.2. The quantitative estimate of drug-likeness (QED) is 0.792. The predicted octanol–water partition coefficient (Wildman–Crippen LogP) is 2.27. The molecule has 3 nitrogen and oxygen atoms in total. The first-order valence-corrected chi connectivity index (χ1v) is 5.88. The van der Waals surface area contributed by atoms with Gasteiger partial charge in [0, 0.05) is 16.1 Å². The molecule has 1 amide bonds.